The molecule has 1 N–H and O–H groups in total. The fourth-order valence-electron chi connectivity index (χ4n) is 3.69. The van der Waals surface area contributed by atoms with Crippen LogP contribution in [0, 0.1) is 5.92 Å². The van der Waals surface area contributed by atoms with Crippen LogP contribution in [0.25, 0.3) is 0 Å². The molecule has 3 nitrogen and oxygen atoms in total. The minimum absolute atomic E-state index is 0.0557. The Kier molecular flexibility index (Phi) is 6.06. The number of benzene rings is 2. The van der Waals surface area contributed by atoms with Gasteiger partial charge in [-0.25, -0.2) is 0 Å². The molecule has 142 valence electrons. The molecule has 1 heterocycles. The summed E-state index contributed by atoms with van der Waals surface area (Å²) in [6, 6.07) is 16.2. The van der Waals surface area contributed by atoms with Crippen molar-refractivity contribution in [3.63, 3.8) is 0 Å². The van der Waals surface area contributed by atoms with E-state index in [-0.39, 0.29) is 11.8 Å². The third-order valence-electron chi connectivity index (χ3n) is 5.45. The van der Waals surface area contributed by atoms with E-state index >= 15 is 0 Å². The van der Waals surface area contributed by atoms with Gasteiger partial charge in [-0.05, 0) is 54.2 Å². The first kappa shape index (κ1) is 18.9. The van der Waals surface area contributed by atoms with Crippen molar-refractivity contribution in [1.29, 1.82) is 0 Å². The monoisotopic (exact) mass is 400 g/mol. The van der Waals surface area contributed by atoms with Crippen molar-refractivity contribution in [2.45, 2.75) is 18.8 Å². The van der Waals surface area contributed by atoms with Gasteiger partial charge in [0.05, 0.1) is 0 Å². The van der Waals surface area contributed by atoms with Crippen LogP contribution in [-0.4, -0.2) is 41.9 Å². The number of anilines is 1. The zero-order valence-corrected chi connectivity index (χ0v) is 16.9. The second kappa shape index (κ2) is 8.68. The number of hydrogen-bond donors (Lipinski definition) is 1. The van der Waals surface area contributed by atoms with Crippen molar-refractivity contribution in [2.75, 3.05) is 36.5 Å². The molecule has 2 atom stereocenters. The highest BCUT2D eigenvalue weighted by atomic mass is 35.5. The summed E-state index contributed by atoms with van der Waals surface area (Å²) in [7, 11) is 0. The predicted octanol–water partition coefficient (Wildman–Crippen LogP) is 4.67. The third kappa shape index (κ3) is 5.07. The average molecular weight is 401 g/mol. The topological polar surface area (TPSA) is 32.3 Å². The lowest BCUT2D eigenvalue weighted by atomic mass is 10.1. The van der Waals surface area contributed by atoms with E-state index in [9.17, 15) is 4.79 Å². The summed E-state index contributed by atoms with van der Waals surface area (Å²) in [5.41, 5.74) is 3.37. The van der Waals surface area contributed by atoms with E-state index in [0.717, 1.165) is 35.7 Å². The van der Waals surface area contributed by atoms with Crippen LogP contribution < -0.4 is 5.32 Å². The van der Waals surface area contributed by atoms with E-state index < -0.39 is 0 Å². The van der Waals surface area contributed by atoms with Crippen molar-refractivity contribution < 1.29 is 4.79 Å². The molecule has 0 aromatic heterocycles. The molecule has 1 aliphatic carbocycles. The highest BCUT2D eigenvalue weighted by molar-refractivity contribution is 7.99. The second-order valence-corrected chi connectivity index (χ2v) is 9.06. The summed E-state index contributed by atoms with van der Waals surface area (Å²) < 4.78 is 0. The van der Waals surface area contributed by atoms with E-state index in [1.165, 1.54) is 30.2 Å². The molecular weight excluding hydrogens is 376 g/mol. The molecule has 0 spiro atoms. The number of hydrogen-bond acceptors (Lipinski definition) is 3. The van der Waals surface area contributed by atoms with E-state index in [0.29, 0.717) is 5.92 Å². The quantitative estimate of drug-likeness (QED) is 0.764. The van der Waals surface area contributed by atoms with E-state index in [2.05, 4.69) is 28.4 Å². The fraction of sp³-hybridized carbons (Fsp3) is 0.409. The van der Waals surface area contributed by atoms with Crippen LogP contribution in [0.15, 0.2) is 48.5 Å². The smallest absolute Gasteiger partial charge is 0.228 e. The standard InChI is InChI=1S/C22H25ClN2OS/c23-18-3-1-2-17(14-18)20-15-21(20)22(26)24-19-6-4-16(5-7-19)8-9-25-10-12-27-13-11-25/h1-7,14,20-21H,8-13,15H2,(H,24,26). The Morgan fingerprint density at radius 1 is 1.15 bits per heavy atom. The molecule has 2 aliphatic rings. The van der Waals surface area contributed by atoms with Crippen LogP contribution in [0.3, 0.4) is 0 Å². The van der Waals surface area contributed by atoms with Gasteiger partial charge in [-0.15, -0.1) is 0 Å². The fourth-order valence-corrected chi connectivity index (χ4v) is 4.87. The predicted molar refractivity (Wildman–Crippen MR) is 115 cm³/mol. The van der Waals surface area contributed by atoms with Gasteiger partial charge < -0.3 is 10.2 Å². The molecule has 2 aromatic rings. The molecule has 5 heteroatoms. The highest BCUT2D eigenvalue weighted by Crippen LogP contribution is 2.48. The van der Waals surface area contributed by atoms with Gasteiger partial charge in [0.15, 0.2) is 0 Å². The Labute approximate surface area is 170 Å². The summed E-state index contributed by atoms with van der Waals surface area (Å²) in [4.78, 5) is 15.0. The van der Waals surface area contributed by atoms with Crippen molar-refractivity contribution in [3.05, 3.63) is 64.7 Å². The summed E-state index contributed by atoms with van der Waals surface area (Å²) >= 11 is 8.11. The van der Waals surface area contributed by atoms with Gasteiger partial charge in [0.1, 0.15) is 0 Å². The minimum Gasteiger partial charge on any atom is -0.326 e. The molecule has 0 radical (unpaired) electrons. The lowest BCUT2D eigenvalue weighted by Crippen LogP contribution is -2.34. The van der Waals surface area contributed by atoms with Gasteiger partial charge in [-0.2, -0.15) is 11.8 Å². The first-order valence-corrected chi connectivity index (χ1v) is 11.2. The Morgan fingerprint density at radius 2 is 1.93 bits per heavy atom. The molecule has 1 aliphatic heterocycles. The van der Waals surface area contributed by atoms with Crippen molar-refractivity contribution in [3.8, 4) is 0 Å². The van der Waals surface area contributed by atoms with Crippen molar-refractivity contribution in [2.24, 2.45) is 5.92 Å². The number of halogens is 1. The number of amides is 1. The number of carbonyl (C=O) groups excluding carboxylic acids is 1. The minimum atomic E-state index is 0.0557. The Hall–Kier alpha value is -1.49. The Morgan fingerprint density at radius 3 is 2.67 bits per heavy atom. The first-order chi connectivity index (χ1) is 13.2. The van der Waals surface area contributed by atoms with Crippen molar-refractivity contribution >= 4 is 35.0 Å². The average Bonchev–Trinajstić information content (AvgIpc) is 3.49. The first-order valence-electron chi connectivity index (χ1n) is 9.64. The lowest BCUT2D eigenvalue weighted by Gasteiger charge is -2.26. The van der Waals surface area contributed by atoms with Gasteiger partial charge in [-0.1, -0.05) is 35.9 Å². The maximum absolute atomic E-state index is 12.5. The molecule has 2 fully saturated rings. The molecule has 1 saturated carbocycles. The molecule has 0 bridgehead atoms. The summed E-state index contributed by atoms with van der Waals surface area (Å²) in [6.07, 6.45) is 1.97. The van der Waals surface area contributed by atoms with Crippen molar-refractivity contribution in [1.82, 2.24) is 4.90 Å². The van der Waals surface area contributed by atoms with Crippen LogP contribution in [0.5, 0.6) is 0 Å². The van der Waals surface area contributed by atoms with E-state index in [1.807, 2.05) is 42.1 Å². The Balaban J connectivity index is 1.26. The van der Waals surface area contributed by atoms with Gasteiger partial charge in [0.2, 0.25) is 5.91 Å². The SMILES string of the molecule is O=C(Nc1ccc(CCN2CCSCC2)cc1)C1CC1c1cccc(Cl)c1. The summed E-state index contributed by atoms with van der Waals surface area (Å²) in [5, 5.41) is 3.80. The number of thioether (sulfide) groups is 1. The third-order valence-corrected chi connectivity index (χ3v) is 6.62. The van der Waals surface area contributed by atoms with E-state index in [4.69, 9.17) is 11.6 Å². The van der Waals surface area contributed by atoms with Gasteiger partial charge in [-0.3, -0.25) is 4.79 Å². The zero-order valence-electron chi connectivity index (χ0n) is 15.4. The molecule has 1 saturated heterocycles. The number of rotatable bonds is 6. The van der Waals surface area contributed by atoms with Crippen LogP contribution in [0.1, 0.15) is 23.5 Å². The number of nitrogens with one attached hydrogen (secondary N) is 1. The molecule has 2 unspecified atom stereocenters. The largest absolute Gasteiger partial charge is 0.326 e. The van der Waals surface area contributed by atoms with Gasteiger partial charge >= 0.3 is 0 Å². The second-order valence-electron chi connectivity index (χ2n) is 7.39. The normalized spacial score (nSPS) is 22.4. The summed E-state index contributed by atoms with van der Waals surface area (Å²) in [5.74, 6) is 2.97. The highest BCUT2D eigenvalue weighted by Gasteiger charge is 2.43. The summed E-state index contributed by atoms with van der Waals surface area (Å²) in [6.45, 7) is 3.53. The van der Waals surface area contributed by atoms with Crippen LogP contribution in [0.2, 0.25) is 5.02 Å². The molecular formula is C22H25ClN2OS. The number of carbonyl (C=O) groups is 1. The maximum Gasteiger partial charge on any atom is 0.228 e. The van der Waals surface area contributed by atoms with Gasteiger partial charge in [0.25, 0.3) is 0 Å². The number of nitrogens with zero attached hydrogens (tertiary/aromatic N) is 1. The van der Waals surface area contributed by atoms with Crippen LogP contribution >= 0.6 is 23.4 Å². The molecule has 27 heavy (non-hydrogen) atoms. The zero-order chi connectivity index (χ0) is 18.6. The Bertz CT molecular complexity index is 789. The molecule has 2 aromatic carbocycles. The van der Waals surface area contributed by atoms with Gasteiger partial charge in [0, 0.05) is 47.8 Å². The lowest BCUT2D eigenvalue weighted by molar-refractivity contribution is -0.117. The maximum atomic E-state index is 12.5. The molecule has 4 rings (SSSR count). The molecule has 1 amide bonds. The van der Waals surface area contributed by atoms with Crippen LogP contribution in [-0.2, 0) is 11.2 Å². The van der Waals surface area contributed by atoms with E-state index in [1.54, 1.807) is 0 Å². The van der Waals surface area contributed by atoms with Crippen LogP contribution in [0.4, 0.5) is 5.69 Å².